The number of aromatic nitrogens is 4. The zero-order chi connectivity index (χ0) is 19.6. The van der Waals surface area contributed by atoms with E-state index in [1.54, 1.807) is 10.8 Å². The quantitative estimate of drug-likeness (QED) is 0.688. The third-order valence-electron chi connectivity index (χ3n) is 6.39. The molecule has 1 aromatic carbocycles. The first-order valence-electron chi connectivity index (χ1n) is 10.5. The van der Waals surface area contributed by atoms with Gasteiger partial charge in [0.2, 0.25) is 5.91 Å². The number of nitrogens with zero attached hydrogens (tertiary/aromatic N) is 6. The maximum Gasteiger partial charge on any atom is 0.225 e. The predicted molar refractivity (Wildman–Crippen MR) is 111 cm³/mol. The highest BCUT2D eigenvalue weighted by molar-refractivity contribution is 5.79. The van der Waals surface area contributed by atoms with E-state index >= 15 is 0 Å². The van der Waals surface area contributed by atoms with Crippen molar-refractivity contribution in [1.82, 2.24) is 24.7 Å². The molecule has 2 fully saturated rings. The van der Waals surface area contributed by atoms with E-state index in [1.807, 2.05) is 12.1 Å². The van der Waals surface area contributed by atoms with Crippen LogP contribution in [-0.4, -0.2) is 56.8 Å². The fraction of sp³-hybridized carbons (Fsp3) is 0.455. The van der Waals surface area contributed by atoms with Crippen LogP contribution < -0.4 is 4.90 Å². The molecule has 29 heavy (non-hydrogen) atoms. The lowest BCUT2D eigenvalue weighted by Crippen LogP contribution is -2.45. The van der Waals surface area contributed by atoms with Crippen molar-refractivity contribution in [3.05, 3.63) is 54.4 Å². The average Bonchev–Trinajstić information content (AvgIpc) is 3.27. The number of anilines is 1. The summed E-state index contributed by atoms with van der Waals surface area (Å²) in [5.41, 5.74) is 2.16. The number of carbonyl (C=O) groups excluding carboxylic acids is 1. The smallest absolute Gasteiger partial charge is 0.225 e. The second kappa shape index (κ2) is 7.81. The highest BCUT2D eigenvalue weighted by Crippen LogP contribution is 2.30. The number of hydrogen-bond donors (Lipinski definition) is 0. The van der Waals surface area contributed by atoms with Crippen molar-refractivity contribution >= 4 is 17.4 Å². The molecule has 0 N–H and O–H groups in total. The minimum Gasteiger partial charge on any atom is -0.355 e. The van der Waals surface area contributed by atoms with E-state index in [-0.39, 0.29) is 5.92 Å². The third kappa shape index (κ3) is 3.69. The molecule has 0 radical (unpaired) electrons. The normalized spacial score (nSPS) is 19.0. The molecule has 7 heteroatoms. The fourth-order valence-electron chi connectivity index (χ4n) is 4.66. The first-order chi connectivity index (χ1) is 14.3. The second-order valence-electron chi connectivity index (χ2n) is 8.10. The lowest BCUT2D eigenvalue weighted by atomic mass is 9.88. The standard InChI is InChI=1S/C22H26N6O/c29-22(27-14-8-18(9-15-27)17-4-2-1-3-5-17)19-10-12-26(13-11-19)21-7-6-20-24-23-16-28(20)25-21/h1-7,16,18-19H,8-15H2. The summed E-state index contributed by atoms with van der Waals surface area (Å²) in [5.74, 6) is 1.99. The Labute approximate surface area is 170 Å². The Kier molecular flexibility index (Phi) is 4.87. The SMILES string of the molecule is O=C(C1CCN(c2ccc3nncn3n2)CC1)N1CCC(c2ccccc2)CC1. The Hall–Kier alpha value is -2.96. The summed E-state index contributed by atoms with van der Waals surface area (Å²) in [6, 6.07) is 14.6. The van der Waals surface area contributed by atoms with E-state index in [2.05, 4.69) is 55.4 Å². The number of hydrogen-bond acceptors (Lipinski definition) is 5. The number of fused-ring (bicyclic) bond motifs is 1. The molecule has 2 aliphatic heterocycles. The van der Waals surface area contributed by atoms with Crippen molar-refractivity contribution in [3.8, 4) is 0 Å². The van der Waals surface area contributed by atoms with E-state index in [0.29, 0.717) is 11.8 Å². The van der Waals surface area contributed by atoms with Gasteiger partial charge in [-0.3, -0.25) is 4.79 Å². The van der Waals surface area contributed by atoms with Crippen LogP contribution in [0.1, 0.15) is 37.2 Å². The Bertz CT molecular complexity index is 971. The summed E-state index contributed by atoms with van der Waals surface area (Å²) in [7, 11) is 0. The molecule has 7 nitrogen and oxygen atoms in total. The molecule has 2 aliphatic rings. The summed E-state index contributed by atoms with van der Waals surface area (Å²) in [6.45, 7) is 3.48. The molecule has 0 saturated carbocycles. The summed E-state index contributed by atoms with van der Waals surface area (Å²) in [5, 5.41) is 12.5. The number of rotatable bonds is 3. The van der Waals surface area contributed by atoms with E-state index in [9.17, 15) is 4.79 Å². The van der Waals surface area contributed by atoms with Crippen LogP contribution in [0.3, 0.4) is 0 Å². The van der Waals surface area contributed by atoms with Crippen LogP contribution in [-0.2, 0) is 4.79 Å². The van der Waals surface area contributed by atoms with Crippen molar-refractivity contribution < 1.29 is 4.79 Å². The van der Waals surface area contributed by atoms with Crippen molar-refractivity contribution in [2.75, 3.05) is 31.1 Å². The van der Waals surface area contributed by atoms with Gasteiger partial charge in [-0.25, -0.2) is 0 Å². The maximum atomic E-state index is 13.1. The molecule has 0 bridgehead atoms. The number of benzene rings is 1. The van der Waals surface area contributed by atoms with Crippen molar-refractivity contribution in [3.63, 3.8) is 0 Å². The van der Waals surface area contributed by atoms with Gasteiger partial charge < -0.3 is 9.80 Å². The maximum absolute atomic E-state index is 13.1. The Morgan fingerprint density at radius 1 is 0.897 bits per heavy atom. The van der Waals surface area contributed by atoms with E-state index in [0.717, 1.165) is 63.3 Å². The van der Waals surface area contributed by atoms with Gasteiger partial charge in [0.15, 0.2) is 5.65 Å². The van der Waals surface area contributed by atoms with Crippen LogP contribution in [0.5, 0.6) is 0 Å². The van der Waals surface area contributed by atoms with Crippen molar-refractivity contribution in [2.45, 2.75) is 31.6 Å². The first-order valence-corrected chi connectivity index (χ1v) is 10.5. The molecule has 0 aliphatic carbocycles. The van der Waals surface area contributed by atoms with E-state index in [1.165, 1.54) is 5.56 Å². The van der Waals surface area contributed by atoms with Crippen LogP contribution in [0, 0.1) is 5.92 Å². The molecule has 3 aromatic rings. The van der Waals surface area contributed by atoms with E-state index < -0.39 is 0 Å². The van der Waals surface area contributed by atoms with Crippen LogP contribution in [0.4, 0.5) is 5.82 Å². The summed E-state index contributed by atoms with van der Waals surface area (Å²) >= 11 is 0. The number of carbonyl (C=O) groups is 1. The van der Waals surface area contributed by atoms with Crippen molar-refractivity contribution in [2.24, 2.45) is 5.92 Å². The molecule has 2 aromatic heterocycles. The monoisotopic (exact) mass is 390 g/mol. The lowest BCUT2D eigenvalue weighted by Gasteiger charge is -2.37. The Morgan fingerprint density at radius 3 is 2.41 bits per heavy atom. The summed E-state index contributed by atoms with van der Waals surface area (Å²) in [4.78, 5) is 17.4. The van der Waals surface area contributed by atoms with Gasteiger partial charge in [0.25, 0.3) is 0 Å². The highest BCUT2D eigenvalue weighted by atomic mass is 16.2. The zero-order valence-electron chi connectivity index (χ0n) is 16.5. The minimum absolute atomic E-state index is 0.137. The van der Waals surface area contributed by atoms with Gasteiger partial charge in [0.05, 0.1) is 0 Å². The molecule has 2 saturated heterocycles. The topological polar surface area (TPSA) is 66.6 Å². The van der Waals surface area contributed by atoms with Gasteiger partial charge in [-0.2, -0.15) is 4.52 Å². The average molecular weight is 390 g/mol. The van der Waals surface area contributed by atoms with Crippen LogP contribution in [0.25, 0.3) is 5.65 Å². The van der Waals surface area contributed by atoms with Gasteiger partial charge in [0.1, 0.15) is 12.1 Å². The van der Waals surface area contributed by atoms with Gasteiger partial charge in [-0.05, 0) is 49.3 Å². The third-order valence-corrected chi connectivity index (χ3v) is 6.39. The summed E-state index contributed by atoms with van der Waals surface area (Å²) in [6.07, 6.45) is 5.53. The lowest BCUT2D eigenvalue weighted by molar-refractivity contribution is -0.137. The molecule has 5 rings (SSSR count). The fourth-order valence-corrected chi connectivity index (χ4v) is 4.66. The number of piperidine rings is 2. The number of likely N-dealkylation sites (tertiary alicyclic amines) is 1. The zero-order valence-corrected chi connectivity index (χ0v) is 16.5. The molecule has 0 atom stereocenters. The molecule has 150 valence electrons. The van der Waals surface area contributed by atoms with Crippen LogP contribution >= 0.6 is 0 Å². The molecule has 1 amide bonds. The van der Waals surface area contributed by atoms with Crippen LogP contribution in [0.2, 0.25) is 0 Å². The Morgan fingerprint density at radius 2 is 1.66 bits per heavy atom. The second-order valence-corrected chi connectivity index (χ2v) is 8.10. The highest BCUT2D eigenvalue weighted by Gasteiger charge is 2.31. The molecule has 4 heterocycles. The molecular formula is C22H26N6O. The van der Waals surface area contributed by atoms with Gasteiger partial charge >= 0.3 is 0 Å². The van der Waals surface area contributed by atoms with Gasteiger partial charge in [-0.15, -0.1) is 15.3 Å². The Balaban J connectivity index is 1.15. The van der Waals surface area contributed by atoms with E-state index in [4.69, 9.17) is 0 Å². The van der Waals surface area contributed by atoms with Gasteiger partial charge in [0, 0.05) is 32.1 Å². The first kappa shape index (κ1) is 18.1. The van der Waals surface area contributed by atoms with Crippen molar-refractivity contribution in [1.29, 1.82) is 0 Å². The molecule has 0 spiro atoms. The largest absolute Gasteiger partial charge is 0.355 e. The predicted octanol–water partition coefficient (Wildman–Crippen LogP) is 2.75. The molecule has 0 unspecified atom stereocenters. The number of amides is 1. The molecular weight excluding hydrogens is 364 g/mol. The summed E-state index contributed by atoms with van der Waals surface area (Å²) < 4.78 is 1.70. The van der Waals surface area contributed by atoms with Gasteiger partial charge in [-0.1, -0.05) is 30.3 Å². The van der Waals surface area contributed by atoms with Crippen LogP contribution in [0.15, 0.2) is 48.8 Å². The minimum atomic E-state index is 0.137.